The van der Waals surface area contributed by atoms with Crippen molar-refractivity contribution < 1.29 is 14.3 Å². The molecule has 0 heterocycles. The molecule has 0 aliphatic rings. The lowest BCUT2D eigenvalue weighted by Crippen LogP contribution is -2.24. The summed E-state index contributed by atoms with van der Waals surface area (Å²) in [6.07, 6.45) is 1.46. The number of halogens is 2. The van der Waals surface area contributed by atoms with Crippen molar-refractivity contribution in [2.75, 3.05) is 13.7 Å². The monoisotopic (exact) mass is 352 g/mol. The first-order chi connectivity index (χ1) is 11.1. The van der Waals surface area contributed by atoms with Gasteiger partial charge in [0.05, 0.1) is 23.4 Å². The number of carbonyl (C=O) groups excluding carboxylic acids is 1. The molecule has 2 aromatic carbocycles. The summed E-state index contributed by atoms with van der Waals surface area (Å²) in [6, 6.07) is 12.0. The molecule has 0 aliphatic carbocycles. The standard InChI is InChI=1S/C16H14Cl2N2O3/c1-22-12-3-2-4-13(8-12)23-10-16(21)20-19-9-11-5-6-14(17)15(18)7-11/h2-9H,10H2,1H3,(H,20,21)/b19-9+. The van der Waals surface area contributed by atoms with Gasteiger partial charge in [0.15, 0.2) is 6.61 Å². The predicted octanol–water partition coefficient (Wildman–Crippen LogP) is 3.53. The summed E-state index contributed by atoms with van der Waals surface area (Å²) in [5.41, 5.74) is 3.08. The van der Waals surface area contributed by atoms with Gasteiger partial charge in [0, 0.05) is 6.07 Å². The fraction of sp³-hybridized carbons (Fsp3) is 0.125. The number of rotatable bonds is 6. The van der Waals surface area contributed by atoms with Gasteiger partial charge in [0.2, 0.25) is 0 Å². The molecule has 0 spiro atoms. The van der Waals surface area contributed by atoms with Crippen LogP contribution in [0.5, 0.6) is 11.5 Å². The molecular formula is C16H14Cl2N2O3. The Hall–Kier alpha value is -2.24. The van der Waals surface area contributed by atoms with E-state index >= 15 is 0 Å². The lowest BCUT2D eigenvalue weighted by atomic mass is 10.2. The zero-order chi connectivity index (χ0) is 16.7. The van der Waals surface area contributed by atoms with E-state index in [1.807, 2.05) is 0 Å². The van der Waals surface area contributed by atoms with Crippen LogP contribution in [0.3, 0.4) is 0 Å². The minimum atomic E-state index is -0.385. The van der Waals surface area contributed by atoms with Crippen molar-refractivity contribution in [1.82, 2.24) is 5.43 Å². The van der Waals surface area contributed by atoms with Gasteiger partial charge in [-0.25, -0.2) is 5.43 Å². The minimum Gasteiger partial charge on any atom is -0.497 e. The molecule has 0 aliphatic heterocycles. The maximum Gasteiger partial charge on any atom is 0.277 e. The normalized spacial score (nSPS) is 10.6. The fourth-order valence-electron chi connectivity index (χ4n) is 1.64. The summed E-state index contributed by atoms with van der Waals surface area (Å²) in [6.45, 7) is -0.161. The minimum absolute atomic E-state index is 0.161. The van der Waals surface area contributed by atoms with Crippen molar-refractivity contribution in [3.8, 4) is 11.5 Å². The van der Waals surface area contributed by atoms with E-state index in [-0.39, 0.29) is 12.5 Å². The Morgan fingerprint density at radius 1 is 1.17 bits per heavy atom. The lowest BCUT2D eigenvalue weighted by Gasteiger charge is -2.06. The van der Waals surface area contributed by atoms with E-state index in [1.165, 1.54) is 6.21 Å². The van der Waals surface area contributed by atoms with Crippen LogP contribution in [-0.4, -0.2) is 25.8 Å². The maximum atomic E-state index is 11.7. The molecule has 2 aromatic rings. The third-order valence-corrected chi connectivity index (χ3v) is 3.50. The summed E-state index contributed by atoms with van der Waals surface area (Å²) >= 11 is 11.7. The molecule has 0 unspecified atom stereocenters. The first-order valence-electron chi connectivity index (χ1n) is 6.62. The molecule has 7 heteroatoms. The number of hydrogen-bond acceptors (Lipinski definition) is 4. The highest BCUT2D eigenvalue weighted by Gasteiger charge is 2.02. The average Bonchev–Trinajstić information content (AvgIpc) is 2.56. The number of nitrogens with one attached hydrogen (secondary N) is 1. The summed E-state index contributed by atoms with van der Waals surface area (Å²) < 4.78 is 10.4. The van der Waals surface area contributed by atoms with E-state index in [9.17, 15) is 4.79 Å². The SMILES string of the molecule is COc1cccc(OCC(=O)N/N=C/c2ccc(Cl)c(Cl)c2)c1. The largest absolute Gasteiger partial charge is 0.497 e. The average molecular weight is 353 g/mol. The second kappa shape index (κ2) is 8.41. The van der Waals surface area contributed by atoms with Crippen LogP contribution in [0.15, 0.2) is 47.6 Å². The van der Waals surface area contributed by atoms with Gasteiger partial charge in [-0.1, -0.05) is 35.3 Å². The zero-order valence-electron chi connectivity index (χ0n) is 12.3. The van der Waals surface area contributed by atoms with Crippen LogP contribution in [0.25, 0.3) is 0 Å². The van der Waals surface area contributed by atoms with Crippen molar-refractivity contribution in [2.24, 2.45) is 5.10 Å². The molecule has 0 atom stereocenters. The van der Waals surface area contributed by atoms with Crippen molar-refractivity contribution in [3.63, 3.8) is 0 Å². The molecule has 0 radical (unpaired) electrons. The molecule has 1 amide bonds. The topological polar surface area (TPSA) is 59.9 Å². The number of nitrogens with zero attached hydrogens (tertiary/aromatic N) is 1. The van der Waals surface area contributed by atoms with Gasteiger partial charge in [-0.05, 0) is 29.8 Å². The maximum absolute atomic E-state index is 11.7. The summed E-state index contributed by atoms with van der Waals surface area (Å²) in [5, 5.41) is 4.70. The van der Waals surface area contributed by atoms with Crippen molar-refractivity contribution in [3.05, 3.63) is 58.1 Å². The van der Waals surface area contributed by atoms with Gasteiger partial charge in [0.1, 0.15) is 11.5 Å². The van der Waals surface area contributed by atoms with E-state index in [0.29, 0.717) is 27.1 Å². The number of benzene rings is 2. The smallest absolute Gasteiger partial charge is 0.277 e. The Balaban J connectivity index is 1.82. The van der Waals surface area contributed by atoms with E-state index in [1.54, 1.807) is 49.6 Å². The van der Waals surface area contributed by atoms with Crippen LogP contribution in [-0.2, 0) is 4.79 Å². The van der Waals surface area contributed by atoms with Crippen LogP contribution in [0.1, 0.15) is 5.56 Å². The van der Waals surface area contributed by atoms with Crippen LogP contribution >= 0.6 is 23.2 Å². The molecule has 0 saturated heterocycles. The van der Waals surface area contributed by atoms with Crippen LogP contribution in [0.2, 0.25) is 10.0 Å². The van der Waals surface area contributed by atoms with E-state index in [0.717, 1.165) is 0 Å². The predicted molar refractivity (Wildman–Crippen MR) is 90.7 cm³/mol. The van der Waals surface area contributed by atoms with Crippen molar-refractivity contribution in [2.45, 2.75) is 0 Å². The summed E-state index contributed by atoms with van der Waals surface area (Å²) in [7, 11) is 1.56. The molecule has 23 heavy (non-hydrogen) atoms. The molecule has 0 saturated carbocycles. The van der Waals surface area contributed by atoms with Crippen LogP contribution < -0.4 is 14.9 Å². The first kappa shape index (κ1) is 17.1. The lowest BCUT2D eigenvalue weighted by molar-refractivity contribution is -0.123. The van der Waals surface area contributed by atoms with E-state index in [4.69, 9.17) is 32.7 Å². The molecule has 0 fully saturated rings. The highest BCUT2D eigenvalue weighted by Crippen LogP contribution is 2.21. The molecule has 120 valence electrons. The Morgan fingerprint density at radius 2 is 1.96 bits per heavy atom. The zero-order valence-corrected chi connectivity index (χ0v) is 13.8. The third kappa shape index (κ3) is 5.47. The number of hydrazone groups is 1. The summed E-state index contributed by atoms with van der Waals surface area (Å²) in [4.78, 5) is 11.7. The Bertz CT molecular complexity index is 720. The fourth-order valence-corrected chi connectivity index (χ4v) is 1.95. The molecule has 1 N–H and O–H groups in total. The van der Waals surface area contributed by atoms with Gasteiger partial charge < -0.3 is 9.47 Å². The highest BCUT2D eigenvalue weighted by molar-refractivity contribution is 6.42. The molecule has 2 rings (SSSR count). The third-order valence-electron chi connectivity index (χ3n) is 2.76. The van der Waals surface area contributed by atoms with Crippen LogP contribution in [0.4, 0.5) is 0 Å². The molecular weight excluding hydrogens is 339 g/mol. The second-order valence-electron chi connectivity index (χ2n) is 4.43. The van der Waals surface area contributed by atoms with Crippen molar-refractivity contribution >= 4 is 35.3 Å². The molecule has 0 bridgehead atoms. The Labute approximate surface area is 143 Å². The Morgan fingerprint density at radius 3 is 2.70 bits per heavy atom. The first-order valence-corrected chi connectivity index (χ1v) is 7.38. The second-order valence-corrected chi connectivity index (χ2v) is 5.25. The van der Waals surface area contributed by atoms with Gasteiger partial charge in [-0.2, -0.15) is 5.10 Å². The van der Waals surface area contributed by atoms with E-state index < -0.39 is 0 Å². The van der Waals surface area contributed by atoms with Gasteiger partial charge >= 0.3 is 0 Å². The van der Waals surface area contributed by atoms with Gasteiger partial charge in [-0.15, -0.1) is 0 Å². The number of hydrogen-bond donors (Lipinski definition) is 1. The van der Waals surface area contributed by atoms with Crippen molar-refractivity contribution in [1.29, 1.82) is 0 Å². The van der Waals surface area contributed by atoms with E-state index in [2.05, 4.69) is 10.5 Å². The number of methoxy groups -OCH3 is 1. The number of carbonyl (C=O) groups is 1. The van der Waals surface area contributed by atoms with Crippen LogP contribution in [0, 0.1) is 0 Å². The summed E-state index contributed by atoms with van der Waals surface area (Å²) in [5.74, 6) is 0.803. The number of ether oxygens (including phenoxy) is 2. The quantitative estimate of drug-likeness (QED) is 0.638. The van der Waals surface area contributed by atoms with Gasteiger partial charge in [-0.3, -0.25) is 4.79 Å². The number of amides is 1. The highest BCUT2D eigenvalue weighted by atomic mass is 35.5. The Kier molecular flexibility index (Phi) is 6.26. The van der Waals surface area contributed by atoms with Gasteiger partial charge in [0.25, 0.3) is 5.91 Å². The molecule has 0 aromatic heterocycles. The molecule has 5 nitrogen and oxygen atoms in total.